The number of aryl methyl sites for hydroxylation is 1. The van der Waals surface area contributed by atoms with E-state index < -0.39 is 6.10 Å². The second-order valence-electron chi connectivity index (χ2n) is 4.55. The topological polar surface area (TPSA) is 112 Å². The van der Waals surface area contributed by atoms with Gasteiger partial charge in [0.1, 0.15) is 0 Å². The number of ether oxygens (including phenoxy) is 1. The molecule has 0 aliphatic carbocycles. The van der Waals surface area contributed by atoms with Crippen molar-refractivity contribution >= 4 is 23.5 Å². The normalized spacial score (nSPS) is 15.6. The summed E-state index contributed by atoms with van der Waals surface area (Å²) in [6, 6.07) is 4.88. The van der Waals surface area contributed by atoms with Crippen LogP contribution in [0.3, 0.4) is 0 Å². The van der Waals surface area contributed by atoms with Crippen LogP contribution in [0.4, 0.5) is 11.4 Å². The molecule has 1 heterocycles. The van der Waals surface area contributed by atoms with Gasteiger partial charge in [0.05, 0.1) is 36.8 Å². The highest BCUT2D eigenvalue weighted by Gasteiger charge is 2.13. The molecular weight excluding hydrogens is 288 g/mol. The Kier molecular flexibility index (Phi) is 10.4. The van der Waals surface area contributed by atoms with Gasteiger partial charge < -0.3 is 14.9 Å². The Morgan fingerprint density at radius 2 is 1.86 bits per heavy atom. The molecule has 2 atom stereocenters. The summed E-state index contributed by atoms with van der Waals surface area (Å²) in [5.74, 6) is 0. The Morgan fingerprint density at radius 3 is 2.23 bits per heavy atom. The van der Waals surface area contributed by atoms with Gasteiger partial charge in [-0.05, 0) is 38.5 Å². The van der Waals surface area contributed by atoms with E-state index in [1.807, 2.05) is 0 Å². The zero-order valence-electron chi connectivity index (χ0n) is 12.8. The maximum absolute atomic E-state index is 10.00. The molecule has 1 aliphatic rings. The van der Waals surface area contributed by atoms with Crippen molar-refractivity contribution in [3.63, 3.8) is 0 Å². The van der Waals surface area contributed by atoms with Crippen LogP contribution in [0.1, 0.15) is 19.4 Å². The highest BCUT2D eigenvalue weighted by Crippen LogP contribution is 2.23. The molecule has 0 bridgehead atoms. The molecule has 0 saturated carbocycles. The van der Waals surface area contributed by atoms with Gasteiger partial charge in [-0.25, -0.2) is 9.59 Å². The van der Waals surface area contributed by atoms with E-state index in [2.05, 4.69) is 16.9 Å². The van der Waals surface area contributed by atoms with Crippen LogP contribution in [0, 0.1) is 6.92 Å². The number of hydrogen-bond donors (Lipinski definition) is 2. The molecule has 1 aromatic rings. The summed E-state index contributed by atoms with van der Waals surface area (Å²) in [4.78, 5) is 26.8. The number of aliphatic hydroxyl groups is 2. The van der Waals surface area contributed by atoms with Crippen molar-refractivity contribution < 1.29 is 24.5 Å². The average molecular weight is 308 g/mol. The van der Waals surface area contributed by atoms with E-state index in [1.54, 1.807) is 19.1 Å². The fourth-order valence-corrected chi connectivity index (χ4v) is 0.986. The summed E-state index contributed by atoms with van der Waals surface area (Å²) < 4.78 is 4.71. The van der Waals surface area contributed by atoms with Crippen molar-refractivity contribution in [3.05, 3.63) is 23.8 Å². The van der Waals surface area contributed by atoms with Crippen molar-refractivity contribution in [2.24, 2.45) is 9.98 Å². The van der Waals surface area contributed by atoms with Crippen molar-refractivity contribution in [1.29, 1.82) is 0 Å². The predicted molar refractivity (Wildman–Crippen MR) is 80.9 cm³/mol. The second-order valence-corrected chi connectivity index (χ2v) is 4.55. The molecule has 0 aromatic heterocycles. The van der Waals surface area contributed by atoms with Gasteiger partial charge in [0.25, 0.3) is 0 Å². The molecule has 0 spiro atoms. The molecule has 2 unspecified atom stereocenters. The zero-order valence-corrected chi connectivity index (χ0v) is 12.8. The summed E-state index contributed by atoms with van der Waals surface area (Å²) in [7, 11) is 0. The van der Waals surface area contributed by atoms with Crippen LogP contribution < -0.4 is 0 Å². The molecular formula is C15H20N2O5. The van der Waals surface area contributed by atoms with E-state index in [0.29, 0.717) is 17.5 Å². The monoisotopic (exact) mass is 308 g/mol. The Bertz CT molecular complexity index is 543. The Labute approximate surface area is 129 Å². The molecule has 1 aromatic carbocycles. The summed E-state index contributed by atoms with van der Waals surface area (Å²) in [6.45, 7) is 6.23. The van der Waals surface area contributed by atoms with Gasteiger partial charge in [0.15, 0.2) is 0 Å². The van der Waals surface area contributed by atoms with E-state index in [-0.39, 0.29) is 6.61 Å². The number of hydrogen-bond acceptors (Lipinski definition) is 7. The third-order valence-electron chi connectivity index (χ3n) is 2.30. The van der Waals surface area contributed by atoms with Gasteiger partial charge in [0, 0.05) is 0 Å². The van der Waals surface area contributed by atoms with Gasteiger partial charge in [-0.2, -0.15) is 9.98 Å². The molecule has 0 radical (unpaired) electrons. The lowest BCUT2D eigenvalue weighted by Crippen LogP contribution is -2.03. The summed E-state index contributed by atoms with van der Waals surface area (Å²) >= 11 is 0. The Morgan fingerprint density at radius 1 is 1.36 bits per heavy atom. The van der Waals surface area contributed by atoms with E-state index >= 15 is 0 Å². The lowest BCUT2D eigenvalue weighted by molar-refractivity contribution is 0.110. The summed E-state index contributed by atoms with van der Waals surface area (Å²) in [5, 5.41) is 16.0. The lowest BCUT2D eigenvalue weighted by Gasteiger charge is -1.97. The smallest absolute Gasteiger partial charge is 0.240 e. The molecule has 7 nitrogen and oxygen atoms in total. The first kappa shape index (κ1) is 19.9. The molecule has 1 aliphatic heterocycles. The highest BCUT2D eigenvalue weighted by molar-refractivity contribution is 5.61. The van der Waals surface area contributed by atoms with Crippen LogP contribution in [0.2, 0.25) is 0 Å². The number of aliphatic imine (C=N–C) groups is 2. The fraction of sp³-hybridized carbons (Fsp3) is 0.467. The molecule has 2 rings (SSSR count). The Hall–Kier alpha value is -2.14. The fourth-order valence-electron chi connectivity index (χ4n) is 0.986. The first-order chi connectivity index (χ1) is 10.4. The maximum atomic E-state index is 10.00. The third-order valence-corrected chi connectivity index (χ3v) is 2.30. The number of rotatable bonds is 3. The van der Waals surface area contributed by atoms with Gasteiger partial charge in [-0.3, -0.25) is 0 Å². The van der Waals surface area contributed by atoms with E-state index in [4.69, 9.17) is 14.9 Å². The van der Waals surface area contributed by atoms with Crippen molar-refractivity contribution in [3.8, 4) is 0 Å². The highest BCUT2D eigenvalue weighted by atomic mass is 16.6. The number of carbonyl (C=O) groups excluding carboxylic acids is 2. The van der Waals surface area contributed by atoms with Crippen LogP contribution in [0.15, 0.2) is 28.2 Å². The largest absolute Gasteiger partial charge is 0.394 e. The van der Waals surface area contributed by atoms with Crippen molar-refractivity contribution in [2.45, 2.75) is 33.0 Å². The maximum Gasteiger partial charge on any atom is 0.240 e. The van der Waals surface area contributed by atoms with Crippen LogP contribution >= 0.6 is 0 Å². The summed E-state index contributed by atoms with van der Waals surface area (Å²) in [5.41, 5.74) is 1.72. The zero-order chi connectivity index (χ0) is 17.0. The van der Waals surface area contributed by atoms with Gasteiger partial charge in [0.2, 0.25) is 12.2 Å². The minimum Gasteiger partial charge on any atom is -0.394 e. The van der Waals surface area contributed by atoms with Gasteiger partial charge >= 0.3 is 0 Å². The minimum atomic E-state index is -0.560. The van der Waals surface area contributed by atoms with Crippen LogP contribution in [-0.4, -0.2) is 47.8 Å². The molecule has 2 N–H and O–H groups in total. The molecule has 1 fully saturated rings. The van der Waals surface area contributed by atoms with Gasteiger partial charge in [-0.1, -0.05) is 6.07 Å². The van der Waals surface area contributed by atoms with E-state index in [0.717, 1.165) is 12.2 Å². The van der Waals surface area contributed by atoms with Crippen molar-refractivity contribution in [2.75, 3.05) is 13.2 Å². The number of nitrogens with zero attached hydrogens (tertiary/aromatic N) is 2. The molecule has 22 heavy (non-hydrogen) atoms. The average Bonchev–Trinajstić information content (AvgIpc) is 3.27. The number of epoxide rings is 1. The molecule has 7 heteroatoms. The molecule has 0 amide bonds. The number of aliphatic hydroxyl groups excluding tert-OH is 2. The van der Waals surface area contributed by atoms with Gasteiger partial charge in [-0.15, -0.1) is 0 Å². The molecule has 120 valence electrons. The number of benzene rings is 1. The number of isocyanates is 2. The quantitative estimate of drug-likeness (QED) is 0.501. The van der Waals surface area contributed by atoms with E-state index in [9.17, 15) is 9.59 Å². The lowest BCUT2D eigenvalue weighted by atomic mass is 10.2. The second kappa shape index (κ2) is 11.5. The standard InChI is InChI=1S/C9H6N2O2.C3H8O2.C3H6O/c1-7-2-3-8(10-5-12)4-9(7)11-6-13;1-3(5)2-4;1-3-2-4-3/h2-4H,1H3;3-5H,2H2,1H3;3H,2H2,1H3. The predicted octanol–water partition coefficient (Wildman–Crippen LogP) is 1.69. The Balaban J connectivity index is 0.000000399. The third kappa shape index (κ3) is 10.6. The molecule has 1 saturated heterocycles. The van der Waals surface area contributed by atoms with Crippen LogP contribution in [-0.2, 0) is 14.3 Å². The van der Waals surface area contributed by atoms with Crippen LogP contribution in [0.5, 0.6) is 0 Å². The van der Waals surface area contributed by atoms with Crippen molar-refractivity contribution in [1.82, 2.24) is 0 Å². The van der Waals surface area contributed by atoms with E-state index in [1.165, 1.54) is 25.1 Å². The summed E-state index contributed by atoms with van der Waals surface area (Å²) in [6.07, 6.45) is 2.86. The SMILES string of the molecule is CC(O)CO.CC1CO1.Cc1ccc(N=C=O)cc1N=C=O. The minimum absolute atomic E-state index is 0.139. The first-order valence-corrected chi connectivity index (χ1v) is 6.61. The first-order valence-electron chi connectivity index (χ1n) is 6.61. The van der Waals surface area contributed by atoms with Crippen LogP contribution in [0.25, 0.3) is 0 Å².